The molecular weight excluding hydrogens is 901 g/mol. The van der Waals surface area contributed by atoms with Gasteiger partial charge in [0.2, 0.25) is 0 Å². The summed E-state index contributed by atoms with van der Waals surface area (Å²) in [5, 5.41) is 0. The minimum Gasteiger partial charge on any atom is -0.0840 e. The Bertz CT molecular complexity index is 1060. The Hall–Kier alpha value is -0.780. The fourth-order valence-corrected chi connectivity index (χ4v) is 11.9. The Labute approximate surface area is 478 Å². The van der Waals surface area contributed by atoms with Crippen molar-refractivity contribution in [2.24, 2.45) is 0 Å². The van der Waals surface area contributed by atoms with Crippen LogP contribution in [0.2, 0.25) is 0 Å². The van der Waals surface area contributed by atoms with Crippen LogP contribution in [0.3, 0.4) is 0 Å². The minimum atomic E-state index is 1.25. The van der Waals surface area contributed by atoms with Crippen molar-refractivity contribution in [1.29, 1.82) is 0 Å². The molecule has 0 fully saturated rings. The summed E-state index contributed by atoms with van der Waals surface area (Å²) in [6.45, 7) is 6.95. The number of hydrogen-bond donors (Lipinski definition) is 0. The summed E-state index contributed by atoms with van der Waals surface area (Å²) in [5.41, 5.74) is 1.48. The molecule has 0 bridgehead atoms. The fourth-order valence-electron chi connectivity index (χ4n) is 11.9. The van der Waals surface area contributed by atoms with E-state index in [0.717, 1.165) is 0 Å². The Balaban J connectivity index is 4.14. The number of unbranched alkanes of at least 4 members (excludes halogenated alkanes) is 63. The van der Waals surface area contributed by atoms with Crippen LogP contribution in [0.1, 0.15) is 445 Å². The number of hydrogen-bond acceptors (Lipinski definition) is 0. The fraction of sp³-hybridized carbons (Fsp3) is 0.920. The Morgan fingerprint density at radius 2 is 0.293 bits per heavy atom. The van der Waals surface area contributed by atoms with E-state index >= 15 is 0 Å². The molecule has 0 heteroatoms. The summed E-state index contributed by atoms with van der Waals surface area (Å²) in [6, 6.07) is 0. The van der Waals surface area contributed by atoms with E-state index in [0.29, 0.717) is 0 Å². The average molecular weight is 1050 g/mol. The molecule has 0 rings (SSSR count). The van der Waals surface area contributed by atoms with Crippen LogP contribution in [0.5, 0.6) is 0 Å². The maximum atomic E-state index is 2.57. The number of rotatable bonds is 68. The van der Waals surface area contributed by atoms with Crippen LogP contribution in [-0.2, 0) is 0 Å². The maximum Gasteiger partial charge on any atom is -0.0303 e. The van der Waals surface area contributed by atoms with Crippen molar-refractivity contribution in [2.75, 3.05) is 0 Å². The van der Waals surface area contributed by atoms with Gasteiger partial charge in [-0.25, -0.2) is 0 Å². The molecule has 0 saturated carbocycles. The van der Waals surface area contributed by atoms with Gasteiger partial charge in [-0.2, -0.15) is 0 Å². The van der Waals surface area contributed by atoms with Crippen molar-refractivity contribution in [1.82, 2.24) is 0 Å². The van der Waals surface area contributed by atoms with Crippen LogP contribution < -0.4 is 0 Å². The van der Waals surface area contributed by atoms with Crippen molar-refractivity contribution in [2.45, 2.75) is 445 Å². The zero-order valence-electron chi connectivity index (χ0n) is 53.1. The minimum absolute atomic E-state index is 1.25. The topological polar surface area (TPSA) is 0 Å². The second-order valence-electron chi connectivity index (χ2n) is 25.1. The lowest BCUT2D eigenvalue weighted by atomic mass is 10.0. The molecule has 0 unspecified atom stereocenters. The molecule has 0 nitrogen and oxygen atoms in total. The van der Waals surface area contributed by atoms with E-state index in [9.17, 15) is 0 Å². The van der Waals surface area contributed by atoms with Crippen molar-refractivity contribution in [3.05, 3.63) is 36.0 Å². The lowest BCUT2D eigenvalue weighted by Gasteiger charge is -2.04. The lowest BCUT2D eigenvalue weighted by molar-refractivity contribution is 0.519. The van der Waals surface area contributed by atoms with Crippen molar-refractivity contribution in [3.63, 3.8) is 0 Å². The van der Waals surface area contributed by atoms with E-state index in [2.05, 4.69) is 51.2 Å². The van der Waals surface area contributed by atoms with Crippen LogP contribution in [0.4, 0.5) is 0 Å². The normalized spacial score (nSPS) is 12.2. The maximum absolute atomic E-state index is 2.57. The average Bonchev–Trinajstić information content (AvgIpc) is 3.42. The zero-order chi connectivity index (χ0) is 53.8. The summed E-state index contributed by atoms with van der Waals surface area (Å²) in [5.74, 6) is 0. The van der Waals surface area contributed by atoms with Crippen LogP contribution >= 0.6 is 0 Å². The van der Waals surface area contributed by atoms with E-state index in [-0.39, 0.29) is 0 Å². The third-order valence-corrected chi connectivity index (χ3v) is 17.3. The summed E-state index contributed by atoms with van der Waals surface area (Å²) >= 11 is 0. The van der Waals surface area contributed by atoms with E-state index in [1.54, 1.807) is 0 Å². The van der Waals surface area contributed by atoms with Crippen molar-refractivity contribution in [3.8, 4) is 0 Å². The van der Waals surface area contributed by atoms with E-state index in [1.165, 1.54) is 429 Å². The van der Waals surface area contributed by atoms with Crippen LogP contribution in [-0.4, -0.2) is 0 Å². The molecule has 446 valence electrons. The van der Waals surface area contributed by atoms with E-state index in [4.69, 9.17) is 0 Å². The first kappa shape index (κ1) is 74.2. The van der Waals surface area contributed by atoms with Crippen LogP contribution in [0, 0.1) is 0 Å². The second-order valence-corrected chi connectivity index (χ2v) is 25.1. The Morgan fingerprint density at radius 1 is 0.160 bits per heavy atom. The molecule has 0 aliphatic heterocycles. The first-order valence-corrected chi connectivity index (χ1v) is 36.4. The molecule has 0 aliphatic rings. The van der Waals surface area contributed by atoms with Gasteiger partial charge >= 0.3 is 0 Å². The highest BCUT2D eigenvalue weighted by molar-refractivity contribution is 5.30. The summed E-state index contributed by atoms with van der Waals surface area (Å²) < 4.78 is 0. The van der Waals surface area contributed by atoms with Gasteiger partial charge in [-0.3, -0.25) is 0 Å². The van der Waals surface area contributed by atoms with E-state index < -0.39 is 0 Å². The molecular formula is C75H146. The molecule has 0 atom stereocenters. The third kappa shape index (κ3) is 69.3. The van der Waals surface area contributed by atoms with Gasteiger partial charge in [0, 0.05) is 0 Å². The molecule has 0 aromatic rings. The quantitative estimate of drug-likeness (QED) is 0.0421. The predicted octanol–water partition coefficient (Wildman–Crippen LogP) is 28.8. The molecule has 0 aromatic carbocycles. The molecule has 0 spiro atoms. The highest BCUT2D eigenvalue weighted by Gasteiger charge is 2.00. The number of allylic oxidation sites excluding steroid dienone is 6. The SMILES string of the molecule is CCCCCCCCCCCCCCCCCCCCCCC=CC(C=CCCCCCCCCCCCCCCCCCCCCCCC)=CCCCCCCCCCCCCCCCCCCCCCCCC. The molecule has 0 radical (unpaired) electrons. The van der Waals surface area contributed by atoms with Crippen molar-refractivity contribution >= 4 is 0 Å². The summed E-state index contributed by atoms with van der Waals surface area (Å²) in [6.07, 6.45) is 108. The van der Waals surface area contributed by atoms with Crippen LogP contribution in [0.15, 0.2) is 36.0 Å². The summed E-state index contributed by atoms with van der Waals surface area (Å²) in [7, 11) is 0. The smallest absolute Gasteiger partial charge is 0.0303 e. The third-order valence-electron chi connectivity index (χ3n) is 17.3. The predicted molar refractivity (Wildman–Crippen MR) is 348 cm³/mol. The molecule has 0 heterocycles. The molecule has 0 saturated heterocycles. The second kappa shape index (κ2) is 71.2. The molecule has 0 aromatic heterocycles. The highest BCUT2D eigenvalue weighted by Crippen LogP contribution is 2.20. The standard InChI is InChI=1S/C75H146/c1-4-7-10-13-16-19-22-25-28-31-34-37-40-43-46-49-52-55-58-61-64-67-70-73-75(72-69-66-63-60-57-54-51-48-45-42-39-36-33-30-27-24-21-18-15-12-9-6-3)74-71-68-65-62-59-56-53-50-47-44-41-38-35-32-29-26-23-20-17-14-11-8-5-2/h69-70,72-74H,4-68,71H2,1-3H3. The van der Waals surface area contributed by atoms with Gasteiger partial charge in [0.1, 0.15) is 0 Å². The highest BCUT2D eigenvalue weighted by atomic mass is 14.1. The van der Waals surface area contributed by atoms with Crippen LogP contribution in [0.25, 0.3) is 0 Å². The lowest BCUT2D eigenvalue weighted by Crippen LogP contribution is -1.84. The van der Waals surface area contributed by atoms with Gasteiger partial charge in [0.05, 0.1) is 0 Å². The van der Waals surface area contributed by atoms with Gasteiger partial charge < -0.3 is 0 Å². The molecule has 75 heavy (non-hydrogen) atoms. The van der Waals surface area contributed by atoms with Gasteiger partial charge in [-0.15, -0.1) is 0 Å². The monoisotopic (exact) mass is 1050 g/mol. The Kier molecular flexibility index (Phi) is 70.5. The van der Waals surface area contributed by atoms with Gasteiger partial charge in [0.15, 0.2) is 0 Å². The van der Waals surface area contributed by atoms with Gasteiger partial charge in [-0.05, 0) is 44.1 Å². The van der Waals surface area contributed by atoms with Gasteiger partial charge in [-0.1, -0.05) is 436 Å². The first-order chi connectivity index (χ1) is 37.3. The van der Waals surface area contributed by atoms with E-state index in [1.807, 2.05) is 0 Å². The zero-order valence-corrected chi connectivity index (χ0v) is 53.1. The van der Waals surface area contributed by atoms with Crippen molar-refractivity contribution < 1.29 is 0 Å². The molecule has 0 N–H and O–H groups in total. The first-order valence-electron chi connectivity index (χ1n) is 36.4. The Morgan fingerprint density at radius 3 is 0.453 bits per heavy atom. The molecule has 0 aliphatic carbocycles. The van der Waals surface area contributed by atoms with Gasteiger partial charge in [0.25, 0.3) is 0 Å². The largest absolute Gasteiger partial charge is 0.0840 e. The molecule has 0 amide bonds. The summed E-state index contributed by atoms with van der Waals surface area (Å²) in [4.78, 5) is 0.